The summed E-state index contributed by atoms with van der Waals surface area (Å²) in [5.74, 6) is 0. The number of rotatable bonds is 12. The van der Waals surface area contributed by atoms with Crippen LogP contribution in [-0.2, 0) is 9.13 Å². The first-order valence-corrected chi connectivity index (χ1v) is 24.4. The number of thiophene rings is 3. The van der Waals surface area contributed by atoms with Crippen molar-refractivity contribution in [1.82, 2.24) is 4.98 Å². The van der Waals surface area contributed by atoms with E-state index in [1.54, 1.807) is 5.41 Å². The summed E-state index contributed by atoms with van der Waals surface area (Å²) in [6, 6.07) is 56.2. The van der Waals surface area contributed by atoms with Gasteiger partial charge in [-0.2, -0.15) is 12.6 Å². The average molecular weight is 838 g/mol. The molecule has 0 saturated carbocycles. The third-order valence-electron chi connectivity index (χ3n) is 9.60. The molecule has 4 heterocycles. The predicted molar refractivity (Wildman–Crippen MR) is 249 cm³/mol. The zero-order valence-corrected chi connectivity index (χ0v) is 35.6. The molecule has 4 aromatic heterocycles. The molecule has 4 aromatic carbocycles. The van der Waals surface area contributed by atoms with Crippen molar-refractivity contribution in [1.29, 1.82) is 0 Å². The van der Waals surface area contributed by atoms with E-state index in [-0.39, 0.29) is 0 Å². The summed E-state index contributed by atoms with van der Waals surface area (Å²) < 4.78 is 34.8. The van der Waals surface area contributed by atoms with Crippen LogP contribution in [0.25, 0.3) is 36.9 Å². The third kappa shape index (κ3) is 7.48. The summed E-state index contributed by atoms with van der Waals surface area (Å²) in [6.45, 7) is 6.39. The number of benzene rings is 4. The van der Waals surface area contributed by atoms with Crippen LogP contribution in [0.4, 0.5) is 0 Å². The van der Waals surface area contributed by atoms with Crippen LogP contribution >= 0.6 is 60.9 Å². The number of aryl methyl sites for hydroxylation is 1. The standard InChI is InChI=1S/C47H37NO2P2S4/c1-33-29-43(51(49,39(32-53)31-34(2)35-15-7-3-8-16-35)45-26-23-40(54-45)36-17-9-4-10-18-36)48-44(30-33)52(50,46-27-24-41(55-46)37-19-11-5-12-20-37)47-28-25-42(56-47)38-21-13-6-14-22-38/h3-30,32,53H,2,31H2,1H3/b39-32+. The van der Waals surface area contributed by atoms with E-state index in [2.05, 4.69) is 43.0 Å². The number of aromatic nitrogens is 1. The minimum Gasteiger partial charge on any atom is -0.306 e. The van der Waals surface area contributed by atoms with Crippen molar-refractivity contribution in [2.24, 2.45) is 0 Å². The number of thiol groups is 1. The number of allylic oxidation sites excluding steroid dienone is 2. The molecular formula is C47H37NO2P2S4. The zero-order chi connectivity index (χ0) is 38.7. The van der Waals surface area contributed by atoms with Gasteiger partial charge in [0.1, 0.15) is 10.9 Å². The molecular weight excluding hydrogens is 801 g/mol. The Balaban J connectivity index is 1.32. The molecule has 0 bridgehead atoms. The lowest BCUT2D eigenvalue weighted by Gasteiger charge is -2.23. The molecule has 3 nitrogen and oxygen atoms in total. The van der Waals surface area contributed by atoms with Crippen LogP contribution < -0.4 is 24.7 Å². The van der Waals surface area contributed by atoms with Gasteiger partial charge in [0.2, 0.25) is 7.14 Å². The van der Waals surface area contributed by atoms with Gasteiger partial charge in [-0.1, -0.05) is 128 Å². The van der Waals surface area contributed by atoms with Crippen molar-refractivity contribution in [2.75, 3.05) is 0 Å². The molecule has 0 saturated heterocycles. The summed E-state index contributed by atoms with van der Waals surface area (Å²) in [6.07, 6.45) is 0.322. The smallest absolute Gasteiger partial charge is 0.207 e. The zero-order valence-electron chi connectivity index (χ0n) is 30.5. The second-order valence-electron chi connectivity index (χ2n) is 13.4. The summed E-state index contributed by atoms with van der Waals surface area (Å²) in [5, 5.41) is 2.27. The second kappa shape index (κ2) is 16.5. The van der Waals surface area contributed by atoms with Crippen LogP contribution in [0, 0.1) is 6.92 Å². The van der Waals surface area contributed by atoms with E-state index in [0.29, 0.717) is 27.2 Å². The maximum absolute atomic E-state index is 16.3. The molecule has 0 spiro atoms. The highest BCUT2D eigenvalue weighted by atomic mass is 32.1. The van der Waals surface area contributed by atoms with Gasteiger partial charge in [0.15, 0.2) is 7.14 Å². The first-order chi connectivity index (χ1) is 27.3. The molecule has 1 unspecified atom stereocenters. The summed E-state index contributed by atoms with van der Waals surface area (Å²) in [7, 11) is -7.28. The predicted octanol–water partition coefficient (Wildman–Crippen LogP) is 12.4. The molecule has 8 aromatic rings. The molecule has 0 N–H and O–H groups in total. The van der Waals surface area contributed by atoms with Gasteiger partial charge in [0.05, 0.1) is 13.9 Å². The van der Waals surface area contributed by atoms with Gasteiger partial charge >= 0.3 is 0 Å². The maximum Gasteiger partial charge on any atom is 0.207 e. The van der Waals surface area contributed by atoms with E-state index >= 15 is 9.13 Å². The fraction of sp³-hybridized carbons (Fsp3) is 0.0426. The van der Waals surface area contributed by atoms with Gasteiger partial charge in [-0.25, -0.2) is 4.98 Å². The van der Waals surface area contributed by atoms with Gasteiger partial charge < -0.3 is 9.13 Å². The highest BCUT2D eigenvalue weighted by molar-refractivity contribution is 7.92. The Morgan fingerprint density at radius 2 is 1.00 bits per heavy atom. The Morgan fingerprint density at radius 3 is 1.46 bits per heavy atom. The monoisotopic (exact) mass is 837 g/mol. The fourth-order valence-corrected chi connectivity index (χ4v) is 18.2. The topological polar surface area (TPSA) is 47.0 Å². The van der Waals surface area contributed by atoms with Crippen LogP contribution in [0.15, 0.2) is 187 Å². The van der Waals surface area contributed by atoms with Crippen LogP contribution in [0.1, 0.15) is 17.5 Å². The lowest BCUT2D eigenvalue weighted by Crippen LogP contribution is -2.30. The third-order valence-corrected chi connectivity index (χ3v) is 21.2. The molecule has 0 fully saturated rings. The van der Waals surface area contributed by atoms with Crippen LogP contribution in [0.3, 0.4) is 0 Å². The van der Waals surface area contributed by atoms with E-state index in [0.717, 1.165) is 57.3 Å². The van der Waals surface area contributed by atoms with Crippen molar-refractivity contribution < 1.29 is 9.13 Å². The summed E-state index contributed by atoms with van der Waals surface area (Å²) in [5.41, 5.74) is 6.57. The lowest BCUT2D eigenvalue weighted by molar-refractivity contribution is 0.590. The van der Waals surface area contributed by atoms with Crippen molar-refractivity contribution >= 4 is 91.2 Å². The molecule has 1 atom stereocenters. The van der Waals surface area contributed by atoms with Gasteiger partial charge in [0, 0.05) is 26.4 Å². The number of nitrogens with zero attached hydrogens (tertiary/aromatic N) is 1. The van der Waals surface area contributed by atoms with Crippen molar-refractivity contribution in [3.63, 3.8) is 0 Å². The molecule has 276 valence electrons. The van der Waals surface area contributed by atoms with Crippen LogP contribution in [0.2, 0.25) is 0 Å². The van der Waals surface area contributed by atoms with Gasteiger partial charge in [-0.05, 0) is 94.3 Å². The van der Waals surface area contributed by atoms with E-state index in [9.17, 15) is 0 Å². The Kier molecular flexibility index (Phi) is 11.3. The average Bonchev–Trinajstić information content (AvgIpc) is 4.06. The van der Waals surface area contributed by atoms with Gasteiger partial charge in [-0.15, -0.1) is 34.0 Å². The van der Waals surface area contributed by atoms with E-state index in [4.69, 9.17) is 17.6 Å². The number of pyridine rings is 1. The SMILES string of the molecule is C=C(C/C(=C\S)P(=O)(c1cc(C)cc(P(=O)(c2ccc(-c3ccccc3)s2)c2ccc(-c3ccccc3)s2)n1)c1ccc(-c2ccccc2)s1)c1ccccc1. The normalized spacial score (nSPS) is 13.0. The molecule has 56 heavy (non-hydrogen) atoms. The van der Waals surface area contributed by atoms with E-state index < -0.39 is 14.3 Å². The quantitative estimate of drug-likeness (QED) is 0.0985. The Hall–Kier alpha value is -4.58. The minimum absolute atomic E-state index is 0.322. The van der Waals surface area contributed by atoms with Gasteiger partial charge in [0.25, 0.3) is 0 Å². The van der Waals surface area contributed by atoms with Crippen molar-refractivity contribution in [3.8, 4) is 31.3 Å². The molecule has 8 rings (SSSR count). The van der Waals surface area contributed by atoms with E-state index in [1.165, 1.54) is 34.0 Å². The number of hydrogen-bond acceptors (Lipinski definition) is 7. The highest BCUT2D eigenvalue weighted by Crippen LogP contribution is 2.57. The van der Waals surface area contributed by atoms with Crippen molar-refractivity contribution in [2.45, 2.75) is 13.3 Å². The van der Waals surface area contributed by atoms with Crippen LogP contribution in [-0.4, -0.2) is 4.98 Å². The van der Waals surface area contributed by atoms with Crippen molar-refractivity contribution in [3.05, 3.63) is 198 Å². The first-order valence-electron chi connectivity index (χ1n) is 18.0. The lowest BCUT2D eigenvalue weighted by atomic mass is 10.1. The van der Waals surface area contributed by atoms with Gasteiger partial charge in [-0.3, -0.25) is 0 Å². The molecule has 0 aliphatic carbocycles. The largest absolute Gasteiger partial charge is 0.306 e. The summed E-state index contributed by atoms with van der Waals surface area (Å²) in [4.78, 5) is 8.33. The Labute approximate surface area is 346 Å². The van der Waals surface area contributed by atoms with Crippen LogP contribution in [0.5, 0.6) is 0 Å². The second-order valence-corrected chi connectivity index (χ2v) is 23.1. The molecule has 0 radical (unpaired) electrons. The maximum atomic E-state index is 16.3. The Bertz CT molecular complexity index is 2690. The molecule has 0 aliphatic heterocycles. The van der Waals surface area contributed by atoms with E-state index in [1.807, 2.05) is 140 Å². The molecule has 0 aliphatic rings. The molecule has 0 amide bonds. The Morgan fingerprint density at radius 1 is 0.589 bits per heavy atom. The number of hydrogen-bond donors (Lipinski definition) is 1. The highest BCUT2D eigenvalue weighted by Gasteiger charge is 2.40. The first kappa shape index (κ1) is 38.3. The minimum atomic E-state index is -3.68. The summed E-state index contributed by atoms with van der Waals surface area (Å²) >= 11 is 9.26. The fourth-order valence-electron chi connectivity index (χ4n) is 6.69. The molecule has 9 heteroatoms.